The molecule has 1 saturated heterocycles. The van der Waals surface area contributed by atoms with Crippen LogP contribution in [-0.4, -0.2) is 36.0 Å². The van der Waals surface area contributed by atoms with Gasteiger partial charge >= 0.3 is 0 Å². The first kappa shape index (κ1) is 16.4. The van der Waals surface area contributed by atoms with Crippen LogP contribution in [0.15, 0.2) is 18.2 Å². The van der Waals surface area contributed by atoms with Gasteiger partial charge in [-0.15, -0.1) is 0 Å². The molecule has 116 valence electrons. The molecule has 1 aliphatic heterocycles. The molecule has 21 heavy (non-hydrogen) atoms. The zero-order valence-electron chi connectivity index (χ0n) is 13.2. The van der Waals surface area contributed by atoms with Crippen LogP contribution in [0.25, 0.3) is 0 Å². The van der Waals surface area contributed by atoms with E-state index in [1.165, 1.54) is 16.7 Å². The van der Waals surface area contributed by atoms with E-state index >= 15 is 0 Å². The first-order chi connectivity index (χ1) is 10.0. The van der Waals surface area contributed by atoms with E-state index < -0.39 is 0 Å². The van der Waals surface area contributed by atoms with Gasteiger partial charge in [-0.1, -0.05) is 29.3 Å². The molecule has 1 aromatic rings. The van der Waals surface area contributed by atoms with Crippen molar-refractivity contribution in [3.8, 4) is 0 Å². The first-order valence-electron chi connectivity index (χ1n) is 7.70. The minimum absolute atomic E-state index is 0.159. The summed E-state index contributed by atoms with van der Waals surface area (Å²) in [7, 11) is 0. The largest absolute Gasteiger partial charge is 0.353 e. The van der Waals surface area contributed by atoms with Gasteiger partial charge < -0.3 is 10.6 Å². The molecule has 1 amide bonds. The fourth-order valence-electron chi connectivity index (χ4n) is 2.90. The number of rotatable bonds is 5. The Morgan fingerprint density at radius 2 is 2.10 bits per heavy atom. The normalized spacial score (nSPS) is 20.0. The van der Waals surface area contributed by atoms with Crippen molar-refractivity contribution < 1.29 is 4.79 Å². The topological polar surface area (TPSA) is 41.1 Å². The second-order valence-electron chi connectivity index (χ2n) is 6.10. The number of nitrogens with one attached hydrogen (secondary N) is 2. The van der Waals surface area contributed by atoms with Crippen molar-refractivity contribution in [1.82, 2.24) is 10.6 Å². The Labute approximate surface area is 132 Å². The van der Waals surface area contributed by atoms with E-state index in [9.17, 15) is 4.79 Å². The number of hydrogen-bond donors (Lipinski definition) is 2. The molecule has 1 aromatic carbocycles. The molecule has 2 rings (SSSR count). The molecule has 2 N–H and O–H groups in total. The minimum Gasteiger partial charge on any atom is -0.353 e. The highest BCUT2D eigenvalue weighted by atomic mass is 32.2. The lowest BCUT2D eigenvalue weighted by Crippen LogP contribution is -2.43. The molecule has 2 atom stereocenters. The maximum atomic E-state index is 12.1. The van der Waals surface area contributed by atoms with Gasteiger partial charge in [-0.05, 0) is 32.8 Å². The second-order valence-corrected chi connectivity index (χ2v) is 7.25. The van der Waals surface area contributed by atoms with E-state index in [-0.39, 0.29) is 11.9 Å². The van der Waals surface area contributed by atoms with Crippen LogP contribution in [0.2, 0.25) is 0 Å². The van der Waals surface area contributed by atoms with Gasteiger partial charge in [0.25, 0.3) is 0 Å². The molecule has 3 nitrogen and oxygen atoms in total. The van der Waals surface area contributed by atoms with Gasteiger partial charge in [0.2, 0.25) is 5.91 Å². The van der Waals surface area contributed by atoms with Gasteiger partial charge in [-0.3, -0.25) is 4.79 Å². The molecule has 0 radical (unpaired) electrons. The molecular formula is C17H26N2OS. The zero-order chi connectivity index (χ0) is 15.2. The van der Waals surface area contributed by atoms with E-state index in [1.54, 1.807) is 0 Å². The third kappa shape index (κ3) is 5.71. The van der Waals surface area contributed by atoms with Gasteiger partial charge in [0.1, 0.15) is 0 Å². The molecule has 1 aliphatic rings. The SMILES string of the molecule is Cc1cc(C)cc(CC(C)NC(=O)CC2CSCCN2)c1. The Hall–Kier alpha value is -1.00. The third-order valence-electron chi connectivity index (χ3n) is 3.66. The van der Waals surface area contributed by atoms with Crippen molar-refractivity contribution in [2.24, 2.45) is 0 Å². The Morgan fingerprint density at radius 1 is 1.38 bits per heavy atom. The van der Waals surface area contributed by atoms with Crippen molar-refractivity contribution in [1.29, 1.82) is 0 Å². The lowest BCUT2D eigenvalue weighted by atomic mass is 10.0. The van der Waals surface area contributed by atoms with Crippen LogP contribution in [0.5, 0.6) is 0 Å². The van der Waals surface area contributed by atoms with Crippen molar-refractivity contribution in [2.75, 3.05) is 18.1 Å². The summed E-state index contributed by atoms with van der Waals surface area (Å²) in [4.78, 5) is 12.1. The fraction of sp³-hybridized carbons (Fsp3) is 0.588. The molecule has 0 saturated carbocycles. The number of thioether (sulfide) groups is 1. The lowest BCUT2D eigenvalue weighted by Gasteiger charge is -2.23. The number of carbonyl (C=O) groups excluding carboxylic acids is 1. The molecule has 0 aliphatic carbocycles. The summed E-state index contributed by atoms with van der Waals surface area (Å²) in [5, 5.41) is 6.53. The highest BCUT2D eigenvalue weighted by Crippen LogP contribution is 2.12. The maximum absolute atomic E-state index is 12.1. The average molecular weight is 306 g/mol. The Bertz CT molecular complexity index is 463. The smallest absolute Gasteiger partial charge is 0.221 e. The van der Waals surface area contributed by atoms with E-state index in [0.717, 1.165) is 24.5 Å². The number of benzene rings is 1. The van der Waals surface area contributed by atoms with E-state index in [1.807, 2.05) is 11.8 Å². The van der Waals surface area contributed by atoms with Crippen LogP contribution in [0.3, 0.4) is 0 Å². The summed E-state index contributed by atoms with van der Waals surface area (Å²) >= 11 is 1.93. The Balaban J connectivity index is 1.80. The molecule has 0 bridgehead atoms. The third-order valence-corrected chi connectivity index (χ3v) is 4.79. The molecule has 0 spiro atoms. The lowest BCUT2D eigenvalue weighted by molar-refractivity contribution is -0.122. The quantitative estimate of drug-likeness (QED) is 0.878. The molecule has 2 unspecified atom stereocenters. The number of hydrogen-bond acceptors (Lipinski definition) is 3. The van der Waals surface area contributed by atoms with Crippen molar-refractivity contribution >= 4 is 17.7 Å². The highest BCUT2D eigenvalue weighted by Gasteiger charge is 2.17. The van der Waals surface area contributed by atoms with Crippen LogP contribution in [-0.2, 0) is 11.2 Å². The van der Waals surface area contributed by atoms with Gasteiger partial charge in [-0.2, -0.15) is 11.8 Å². The highest BCUT2D eigenvalue weighted by molar-refractivity contribution is 7.99. The predicted molar refractivity (Wildman–Crippen MR) is 91.0 cm³/mol. The van der Waals surface area contributed by atoms with Gasteiger partial charge in [-0.25, -0.2) is 0 Å². The molecule has 0 aromatic heterocycles. The van der Waals surface area contributed by atoms with Crippen LogP contribution < -0.4 is 10.6 Å². The summed E-state index contributed by atoms with van der Waals surface area (Å²) in [5.41, 5.74) is 3.87. The first-order valence-corrected chi connectivity index (χ1v) is 8.86. The Morgan fingerprint density at radius 3 is 2.71 bits per heavy atom. The van der Waals surface area contributed by atoms with E-state index in [4.69, 9.17) is 0 Å². The minimum atomic E-state index is 0.159. The predicted octanol–water partition coefficient (Wildman–Crippen LogP) is 2.45. The van der Waals surface area contributed by atoms with Crippen LogP contribution >= 0.6 is 11.8 Å². The standard InChI is InChI=1S/C17H26N2OS/c1-12-6-13(2)8-15(7-12)9-14(3)19-17(20)10-16-11-21-5-4-18-16/h6-8,14,16,18H,4-5,9-11H2,1-3H3,(H,19,20). The van der Waals surface area contributed by atoms with Crippen molar-refractivity contribution in [2.45, 2.75) is 45.7 Å². The average Bonchev–Trinajstić information content (AvgIpc) is 2.37. The van der Waals surface area contributed by atoms with Crippen LogP contribution in [0.1, 0.15) is 30.0 Å². The summed E-state index contributed by atoms with van der Waals surface area (Å²) < 4.78 is 0. The molecule has 4 heteroatoms. The monoisotopic (exact) mass is 306 g/mol. The summed E-state index contributed by atoms with van der Waals surface area (Å²) in [6.07, 6.45) is 1.48. The maximum Gasteiger partial charge on any atom is 0.221 e. The van der Waals surface area contributed by atoms with Crippen LogP contribution in [0.4, 0.5) is 0 Å². The second kappa shape index (κ2) is 7.85. The van der Waals surface area contributed by atoms with Gasteiger partial charge in [0.15, 0.2) is 0 Å². The van der Waals surface area contributed by atoms with Crippen LogP contribution in [0, 0.1) is 13.8 Å². The van der Waals surface area contributed by atoms with Gasteiger partial charge in [0, 0.05) is 36.6 Å². The number of carbonyl (C=O) groups is 1. The zero-order valence-corrected chi connectivity index (χ0v) is 14.1. The van der Waals surface area contributed by atoms with E-state index in [2.05, 4.69) is 49.6 Å². The molecule has 1 fully saturated rings. The summed E-state index contributed by atoms with van der Waals surface area (Å²) in [6, 6.07) is 7.09. The number of aryl methyl sites for hydroxylation is 2. The summed E-state index contributed by atoms with van der Waals surface area (Å²) in [6.45, 7) is 7.33. The molecule has 1 heterocycles. The number of amides is 1. The fourth-order valence-corrected chi connectivity index (χ4v) is 3.85. The molecular weight excluding hydrogens is 280 g/mol. The Kier molecular flexibility index (Phi) is 6.12. The van der Waals surface area contributed by atoms with Gasteiger partial charge in [0.05, 0.1) is 0 Å². The van der Waals surface area contributed by atoms with E-state index in [0.29, 0.717) is 12.5 Å². The summed E-state index contributed by atoms with van der Waals surface area (Å²) in [5.74, 6) is 2.35. The van der Waals surface area contributed by atoms with Crippen molar-refractivity contribution in [3.05, 3.63) is 34.9 Å². The van der Waals surface area contributed by atoms with Crippen molar-refractivity contribution in [3.63, 3.8) is 0 Å².